The zero-order chi connectivity index (χ0) is 15.1. The third-order valence-electron chi connectivity index (χ3n) is 3.17. The summed E-state index contributed by atoms with van der Waals surface area (Å²) in [5, 5.41) is 0. The smallest absolute Gasteiger partial charge is 0.255 e. The van der Waals surface area contributed by atoms with Gasteiger partial charge in [-0.25, -0.2) is 0 Å². The van der Waals surface area contributed by atoms with Crippen molar-refractivity contribution in [3.8, 4) is 0 Å². The number of aromatic nitrogens is 1. The summed E-state index contributed by atoms with van der Waals surface area (Å²) in [7, 11) is 0. The molecule has 118 valence electrons. The predicted molar refractivity (Wildman–Crippen MR) is 89.2 cm³/mol. The van der Waals surface area contributed by atoms with Crippen LogP contribution in [0.5, 0.6) is 0 Å². The van der Waals surface area contributed by atoms with E-state index in [2.05, 4.69) is 4.98 Å². The molecule has 0 radical (unpaired) electrons. The molecule has 2 rings (SSSR count). The summed E-state index contributed by atoms with van der Waals surface area (Å²) in [6.45, 7) is 1.65. The molecule has 2 aromatic rings. The summed E-state index contributed by atoms with van der Waals surface area (Å²) in [4.78, 5) is 27.9. The Morgan fingerprint density at radius 3 is 2.45 bits per heavy atom. The molecule has 1 aromatic carbocycles. The van der Waals surface area contributed by atoms with Gasteiger partial charge in [0.15, 0.2) is 0 Å². The lowest BCUT2D eigenvalue weighted by Gasteiger charge is -2.22. The van der Waals surface area contributed by atoms with Crippen LogP contribution >= 0.6 is 12.4 Å². The van der Waals surface area contributed by atoms with Crippen LogP contribution in [0.4, 0.5) is 0 Å². The number of amides is 1. The molecule has 0 aliphatic carbocycles. The first-order valence-electron chi connectivity index (χ1n) is 6.92. The minimum absolute atomic E-state index is 0. The quantitative estimate of drug-likeness (QED) is 0.851. The van der Waals surface area contributed by atoms with Crippen molar-refractivity contribution in [2.24, 2.45) is 5.73 Å². The number of nitrogens with one attached hydrogen (secondary N) is 1. The molecule has 0 unspecified atom stereocenters. The average Bonchev–Trinajstić information content (AvgIpc) is 2.52. The first-order valence-corrected chi connectivity index (χ1v) is 6.92. The second kappa shape index (κ2) is 9.02. The second-order valence-corrected chi connectivity index (χ2v) is 4.80. The fraction of sp³-hybridized carbons (Fsp3) is 0.250. The third-order valence-corrected chi connectivity index (χ3v) is 3.17. The minimum Gasteiger partial charge on any atom is -0.334 e. The molecule has 3 N–H and O–H groups in total. The van der Waals surface area contributed by atoms with E-state index in [1.807, 2.05) is 30.3 Å². The Morgan fingerprint density at radius 1 is 1.14 bits per heavy atom. The minimum atomic E-state index is -0.219. The van der Waals surface area contributed by atoms with Crippen LogP contribution in [0, 0.1) is 0 Å². The number of H-pyrrole nitrogens is 1. The molecule has 1 heterocycles. The van der Waals surface area contributed by atoms with Gasteiger partial charge in [-0.1, -0.05) is 30.3 Å². The summed E-state index contributed by atoms with van der Waals surface area (Å²) < 4.78 is 0. The Kier molecular flexibility index (Phi) is 7.36. The van der Waals surface area contributed by atoms with Crippen LogP contribution in [0.2, 0.25) is 0 Å². The number of halogens is 1. The Bertz CT molecular complexity index is 623. The monoisotopic (exact) mass is 321 g/mol. The summed E-state index contributed by atoms with van der Waals surface area (Å²) in [5.74, 6) is -0.108. The SMILES string of the molecule is Cl.NCCCN(Cc1ccccc1)C(=O)c1ccc(=O)[nH]c1. The lowest BCUT2D eigenvalue weighted by atomic mass is 10.1. The van der Waals surface area contributed by atoms with Crippen molar-refractivity contribution in [2.75, 3.05) is 13.1 Å². The van der Waals surface area contributed by atoms with Gasteiger partial charge < -0.3 is 15.6 Å². The molecule has 0 bridgehead atoms. The molecular weight excluding hydrogens is 302 g/mol. The van der Waals surface area contributed by atoms with Gasteiger partial charge >= 0.3 is 0 Å². The van der Waals surface area contributed by atoms with Crippen LogP contribution in [0.1, 0.15) is 22.3 Å². The highest BCUT2D eigenvalue weighted by atomic mass is 35.5. The number of aromatic amines is 1. The third kappa shape index (κ3) is 5.02. The number of nitrogens with zero attached hydrogens (tertiary/aromatic N) is 1. The number of nitrogens with two attached hydrogens (primary N) is 1. The van der Waals surface area contributed by atoms with Gasteiger partial charge in [-0.05, 0) is 24.6 Å². The highest BCUT2D eigenvalue weighted by Gasteiger charge is 2.15. The molecule has 0 spiro atoms. The first-order chi connectivity index (χ1) is 10.2. The Labute approximate surface area is 135 Å². The van der Waals surface area contributed by atoms with Crippen molar-refractivity contribution < 1.29 is 4.79 Å². The number of hydrogen-bond donors (Lipinski definition) is 2. The predicted octanol–water partition coefficient (Wildman–Crippen LogP) is 1.79. The Morgan fingerprint density at radius 2 is 1.86 bits per heavy atom. The van der Waals surface area contributed by atoms with E-state index >= 15 is 0 Å². The number of benzene rings is 1. The molecule has 5 nitrogen and oxygen atoms in total. The lowest BCUT2D eigenvalue weighted by molar-refractivity contribution is 0.0742. The van der Waals surface area contributed by atoms with Gasteiger partial charge in [0.1, 0.15) is 0 Å². The summed E-state index contributed by atoms with van der Waals surface area (Å²) in [6, 6.07) is 12.7. The van der Waals surface area contributed by atoms with E-state index in [0.29, 0.717) is 25.2 Å². The van der Waals surface area contributed by atoms with E-state index in [0.717, 1.165) is 12.0 Å². The van der Waals surface area contributed by atoms with Crippen molar-refractivity contribution in [3.63, 3.8) is 0 Å². The summed E-state index contributed by atoms with van der Waals surface area (Å²) in [6.07, 6.45) is 2.19. The van der Waals surface area contributed by atoms with E-state index < -0.39 is 0 Å². The zero-order valence-electron chi connectivity index (χ0n) is 12.2. The largest absolute Gasteiger partial charge is 0.334 e. The number of hydrogen-bond acceptors (Lipinski definition) is 3. The fourth-order valence-electron chi connectivity index (χ4n) is 2.06. The number of carbonyl (C=O) groups is 1. The van der Waals surface area contributed by atoms with Gasteiger partial charge in [0.25, 0.3) is 5.91 Å². The summed E-state index contributed by atoms with van der Waals surface area (Å²) in [5.41, 5.74) is 6.86. The normalized spacial score (nSPS) is 9.86. The maximum Gasteiger partial charge on any atom is 0.255 e. The van der Waals surface area contributed by atoms with Gasteiger partial charge in [-0.15, -0.1) is 12.4 Å². The fourth-order valence-corrected chi connectivity index (χ4v) is 2.06. The molecule has 1 amide bonds. The van der Waals surface area contributed by atoms with Crippen LogP contribution in [0.15, 0.2) is 53.5 Å². The van der Waals surface area contributed by atoms with Gasteiger partial charge in [-0.2, -0.15) is 0 Å². The average molecular weight is 322 g/mol. The molecule has 0 aliphatic rings. The van der Waals surface area contributed by atoms with Gasteiger partial charge in [0, 0.05) is 25.4 Å². The van der Waals surface area contributed by atoms with Crippen LogP contribution in [0.3, 0.4) is 0 Å². The molecule has 6 heteroatoms. The van der Waals surface area contributed by atoms with Crippen molar-refractivity contribution in [3.05, 3.63) is 70.1 Å². The topological polar surface area (TPSA) is 79.2 Å². The molecule has 22 heavy (non-hydrogen) atoms. The maximum absolute atomic E-state index is 12.5. The maximum atomic E-state index is 12.5. The molecule has 0 aliphatic heterocycles. The first kappa shape index (κ1) is 17.9. The van der Waals surface area contributed by atoms with Crippen LogP contribution in [0.25, 0.3) is 0 Å². The Balaban J connectivity index is 0.00000242. The molecule has 0 atom stereocenters. The Hall–Kier alpha value is -2.11. The summed E-state index contributed by atoms with van der Waals surface area (Å²) >= 11 is 0. The van der Waals surface area contributed by atoms with E-state index in [9.17, 15) is 9.59 Å². The van der Waals surface area contributed by atoms with E-state index in [-0.39, 0.29) is 23.9 Å². The standard InChI is InChI=1S/C16H19N3O2.ClH/c17-9-4-10-19(12-13-5-2-1-3-6-13)16(21)14-7-8-15(20)18-11-14;/h1-3,5-8,11H,4,9-10,12,17H2,(H,18,20);1H. The van der Waals surface area contributed by atoms with Crippen molar-refractivity contribution in [2.45, 2.75) is 13.0 Å². The molecular formula is C16H20ClN3O2. The molecule has 0 saturated heterocycles. The highest BCUT2D eigenvalue weighted by Crippen LogP contribution is 2.09. The van der Waals surface area contributed by atoms with Gasteiger partial charge in [-0.3, -0.25) is 9.59 Å². The van der Waals surface area contributed by atoms with E-state index in [4.69, 9.17) is 5.73 Å². The van der Waals surface area contributed by atoms with Crippen LogP contribution < -0.4 is 11.3 Å². The highest BCUT2D eigenvalue weighted by molar-refractivity contribution is 5.93. The lowest BCUT2D eigenvalue weighted by Crippen LogP contribution is -2.32. The number of carbonyl (C=O) groups excluding carboxylic acids is 1. The second-order valence-electron chi connectivity index (χ2n) is 4.80. The zero-order valence-corrected chi connectivity index (χ0v) is 13.0. The van der Waals surface area contributed by atoms with Gasteiger partial charge in [0.05, 0.1) is 5.56 Å². The van der Waals surface area contributed by atoms with Gasteiger partial charge in [0.2, 0.25) is 5.56 Å². The van der Waals surface area contributed by atoms with Crippen LogP contribution in [-0.4, -0.2) is 28.9 Å². The molecule has 0 fully saturated rings. The van der Waals surface area contributed by atoms with Crippen LogP contribution in [-0.2, 0) is 6.54 Å². The number of rotatable bonds is 6. The van der Waals surface area contributed by atoms with Crippen molar-refractivity contribution in [1.29, 1.82) is 0 Å². The molecule has 1 aromatic heterocycles. The molecule has 0 saturated carbocycles. The number of pyridine rings is 1. The van der Waals surface area contributed by atoms with E-state index in [1.165, 1.54) is 12.3 Å². The van der Waals surface area contributed by atoms with Crippen molar-refractivity contribution in [1.82, 2.24) is 9.88 Å². The van der Waals surface area contributed by atoms with E-state index in [1.54, 1.807) is 11.0 Å². The van der Waals surface area contributed by atoms with Crippen molar-refractivity contribution >= 4 is 18.3 Å².